The molecule has 1 heterocycles. The van der Waals surface area contributed by atoms with E-state index >= 15 is 0 Å². The predicted molar refractivity (Wildman–Crippen MR) is 97.9 cm³/mol. The first-order valence-corrected chi connectivity index (χ1v) is 9.86. The molecule has 31 heavy (non-hydrogen) atoms. The molecule has 0 fully saturated rings. The van der Waals surface area contributed by atoms with Crippen LogP contribution in [-0.4, -0.2) is 32.4 Å². The molecule has 0 atom stereocenters. The number of anilines is 1. The summed E-state index contributed by atoms with van der Waals surface area (Å²) >= 11 is 0. The minimum absolute atomic E-state index is 0.155. The van der Waals surface area contributed by atoms with Crippen molar-refractivity contribution < 1.29 is 39.8 Å². The molecule has 0 unspecified atom stereocenters. The highest BCUT2D eigenvalue weighted by molar-refractivity contribution is 7.92. The van der Waals surface area contributed by atoms with Gasteiger partial charge in [-0.25, -0.2) is 30.4 Å². The number of ether oxygens (including phenoxy) is 2. The molecule has 2 aromatic carbocycles. The molecule has 1 N–H and O–H groups in total. The van der Waals surface area contributed by atoms with Crippen LogP contribution in [0.3, 0.4) is 0 Å². The van der Waals surface area contributed by atoms with E-state index in [2.05, 4.69) is 9.82 Å². The van der Waals surface area contributed by atoms with Crippen molar-refractivity contribution in [3.05, 3.63) is 65.1 Å². The van der Waals surface area contributed by atoms with E-state index in [0.29, 0.717) is 5.75 Å². The molecule has 0 saturated carbocycles. The van der Waals surface area contributed by atoms with E-state index in [1.165, 1.54) is 32.4 Å². The SMILES string of the molecule is COc1ccc(S(=O)(=O)Nc2ccn(Cc3c(F)c(F)c(F)c(F)c3F)n2)cc1OC. The highest BCUT2D eigenvalue weighted by Gasteiger charge is 2.26. The number of rotatable bonds is 7. The summed E-state index contributed by atoms with van der Waals surface area (Å²) in [5, 5.41) is 3.75. The number of hydrogen-bond donors (Lipinski definition) is 1. The van der Waals surface area contributed by atoms with Gasteiger partial charge < -0.3 is 9.47 Å². The van der Waals surface area contributed by atoms with Crippen molar-refractivity contribution >= 4 is 15.8 Å². The second-order valence-electron chi connectivity index (χ2n) is 6.07. The zero-order chi connectivity index (χ0) is 22.9. The van der Waals surface area contributed by atoms with Gasteiger partial charge in [0.2, 0.25) is 5.82 Å². The molecule has 0 amide bonds. The molecule has 13 heteroatoms. The van der Waals surface area contributed by atoms with Gasteiger partial charge in [0.1, 0.15) is 0 Å². The summed E-state index contributed by atoms with van der Waals surface area (Å²) in [4.78, 5) is -0.195. The number of halogens is 5. The minimum atomic E-state index is -4.14. The number of aromatic nitrogens is 2. The first-order chi connectivity index (χ1) is 14.6. The Morgan fingerprint density at radius 3 is 2.06 bits per heavy atom. The smallest absolute Gasteiger partial charge is 0.263 e. The third-order valence-corrected chi connectivity index (χ3v) is 5.52. The third kappa shape index (κ3) is 4.26. The molecule has 0 spiro atoms. The quantitative estimate of drug-likeness (QED) is 0.330. The van der Waals surface area contributed by atoms with Crippen molar-refractivity contribution in [3.63, 3.8) is 0 Å². The molecule has 3 rings (SSSR count). The standard InChI is InChI=1S/C18H14F5N3O4S/c1-29-11-4-3-9(7-12(11)30-2)31(27,28)25-13-5-6-26(24-13)8-10-14(19)16(21)18(23)17(22)15(10)20/h3-7H,8H2,1-2H3,(H,24,25). The number of nitrogens with one attached hydrogen (secondary N) is 1. The second-order valence-corrected chi connectivity index (χ2v) is 7.75. The predicted octanol–water partition coefficient (Wildman–Crippen LogP) is 3.44. The first kappa shape index (κ1) is 22.3. The van der Waals surface area contributed by atoms with Crippen molar-refractivity contribution in [2.45, 2.75) is 11.4 Å². The second kappa shape index (κ2) is 8.41. The number of hydrogen-bond acceptors (Lipinski definition) is 5. The van der Waals surface area contributed by atoms with E-state index < -0.39 is 51.2 Å². The van der Waals surface area contributed by atoms with Gasteiger partial charge in [0.25, 0.3) is 10.0 Å². The fourth-order valence-corrected chi connectivity index (χ4v) is 3.65. The van der Waals surface area contributed by atoms with Gasteiger partial charge in [-0.3, -0.25) is 9.40 Å². The Labute approximate surface area is 173 Å². The van der Waals surface area contributed by atoms with E-state index in [-0.39, 0.29) is 16.5 Å². The van der Waals surface area contributed by atoms with E-state index in [0.717, 1.165) is 16.9 Å². The zero-order valence-corrected chi connectivity index (χ0v) is 16.7. The maximum Gasteiger partial charge on any atom is 0.263 e. The van der Waals surface area contributed by atoms with Gasteiger partial charge in [0.05, 0.1) is 31.2 Å². The van der Waals surface area contributed by atoms with Gasteiger partial charge in [-0.05, 0) is 12.1 Å². The fraction of sp³-hybridized carbons (Fsp3) is 0.167. The zero-order valence-electron chi connectivity index (χ0n) is 15.9. The summed E-state index contributed by atoms with van der Waals surface area (Å²) in [5.41, 5.74) is -1.12. The topological polar surface area (TPSA) is 82.5 Å². The Hall–Kier alpha value is -3.35. The summed E-state index contributed by atoms with van der Waals surface area (Å²) in [7, 11) is -1.45. The van der Waals surface area contributed by atoms with E-state index in [4.69, 9.17) is 9.47 Å². The Morgan fingerprint density at radius 2 is 1.48 bits per heavy atom. The number of nitrogens with zero attached hydrogens (tertiary/aromatic N) is 2. The lowest BCUT2D eigenvalue weighted by molar-refractivity contribution is 0.354. The highest BCUT2D eigenvalue weighted by Crippen LogP contribution is 2.30. The van der Waals surface area contributed by atoms with Crippen LogP contribution < -0.4 is 14.2 Å². The molecule has 0 aliphatic rings. The van der Waals surface area contributed by atoms with Crippen molar-refractivity contribution in [2.75, 3.05) is 18.9 Å². The monoisotopic (exact) mass is 463 g/mol. The molecule has 166 valence electrons. The van der Waals surface area contributed by atoms with Crippen LogP contribution in [0, 0.1) is 29.1 Å². The highest BCUT2D eigenvalue weighted by atomic mass is 32.2. The molecule has 7 nitrogen and oxygen atoms in total. The van der Waals surface area contributed by atoms with Gasteiger partial charge in [0.15, 0.2) is 40.6 Å². The van der Waals surface area contributed by atoms with Crippen molar-refractivity contribution in [3.8, 4) is 11.5 Å². The van der Waals surface area contributed by atoms with E-state index in [1.54, 1.807) is 0 Å². The summed E-state index contributed by atoms with van der Waals surface area (Å²) < 4.78 is 106. The van der Waals surface area contributed by atoms with Crippen LogP contribution in [0.4, 0.5) is 27.8 Å². The van der Waals surface area contributed by atoms with Crippen molar-refractivity contribution in [2.24, 2.45) is 0 Å². The lowest BCUT2D eigenvalue weighted by atomic mass is 10.1. The van der Waals surface area contributed by atoms with Crippen LogP contribution in [0.15, 0.2) is 35.4 Å². The van der Waals surface area contributed by atoms with Gasteiger partial charge >= 0.3 is 0 Å². The Kier molecular flexibility index (Phi) is 6.06. The summed E-state index contributed by atoms with van der Waals surface area (Å²) in [6, 6.07) is 4.96. The molecule has 0 aliphatic carbocycles. The molecule has 0 saturated heterocycles. The van der Waals surface area contributed by atoms with Gasteiger partial charge in [0, 0.05) is 18.3 Å². The molecule has 3 aromatic rings. The third-order valence-electron chi connectivity index (χ3n) is 4.17. The summed E-state index contributed by atoms with van der Waals surface area (Å²) in [5.74, 6) is -10.2. The normalized spacial score (nSPS) is 11.5. The van der Waals surface area contributed by atoms with Crippen LogP contribution in [0.25, 0.3) is 0 Å². The van der Waals surface area contributed by atoms with Crippen LogP contribution in [0.5, 0.6) is 11.5 Å². The van der Waals surface area contributed by atoms with E-state index in [9.17, 15) is 30.4 Å². The first-order valence-electron chi connectivity index (χ1n) is 8.37. The van der Waals surface area contributed by atoms with Crippen LogP contribution in [0.2, 0.25) is 0 Å². The Balaban J connectivity index is 1.86. The lowest BCUT2D eigenvalue weighted by Crippen LogP contribution is -2.15. The number of benzene rings is 2. The molecule has 1 aromatic heterocycles. The van der Waals surface area contributed by atoms with Gasteiger partial charge in [-0.15, -0.1) is 0 Å². The van der Waals surface area contributed by atoms with Gasteiger partial charge in [-0.1, -0.05) is 0 Å². The summed E-state index contributed by atoms with van der Waals surface area (Å²) in [6.07, 6.45) is 1.10. The summed E-state index contributed by atoms with van der Waals surface area (Å²) in [6.45, 7) is -0.829. The average molecular weight is 463 g/mol. The Morgan fingerprint density at radius 1 is 0.903 bits per heavy atom. The van der Waals surface area contributed by atoms with Crippen LogP contribution in [0.1, 0.15) is 5.56 Å². The molecule has 0 bridgehead atoms. The largest absolute Gasteiger partial charge is 0.493 e. The molecule has 0 radical (unpaired) electrons. The van der Waals surface area contributed by atoms with Crippen molar-refractivity contribution in [1.82, 2.24) is 9.78 Å². The number of sulfonamides is 1. The fourth-order valence-electron chi connectivity index (χ4n) is 2.64. The minimum Gasteiger partial charge on any atom is -0.493 e. The average Bonchev–Trinajstić information content (AvgIpc) is 3.19. The molecular weight excluding hydrogens is 449 g/mol. The molecule has 0 aliphatic heterocycles. The number of methoxy groups -OCH3 is 2. The van der Waals surface area contributed by atoms with Crippen LogP contribution in [-0.2, 0) is 16.6 Å². The van der Waals surface area contributed by atoms with Crippen LogP contribution >= 0.6 is 0 Å². The van der Waals surface area contributed by atoms with Gasteiger partial charge in [-0.2, -0.15) is 5.10 Å². The Bertz CT molecular complexity index is 1220. The maximum atomic E-state index is 13.8. The maximum absolute atomic E-state index is 13.8. The van der Waals surface area contributed by atoms with Crippen molar-refractivity contribution in [1.29, 1.82) is 0 Å². The lowest BCUT2D eigenvalue weighted by Gasteiger charge is -2.10. The molecular formula is C18H14F5N3O4S. The van der Waals surface area contributed by atoms with E-state index in [1.807, 2.05) is 0 Å².